The van der Waals surface area contributed by atoms with E-state index in [1.807, 2.05) is 51.1 Å². The average molecular weight is 331 g/mol. The van der Waals surface area contributed by atoms with E-state index in [-0.39, 0.29) is 18.3 Å². The molecule has 0 radical (unpaired) electrons. The van der Waals surface area contributed by atoms with Gasteiger partial charge in [0.2, 0.25) is 5.91 Å². The number of ether oxygens (including phenoxy) is 2. The molecule has 0 aliphatic carbocycles. The smallest absolute Gasteiger partial charge is 0.307 e. The largest absolute Gasteiger partial charge is 0.458 e. The summed E-state index contributed by atoms with van der Waals surface area (Å²) in [5.41, 5.74) is -0.283. The highest BCUT2D eigenvalue weighted by molar-refractivity contribution is 5.98. The fourth-order valence-electron chi connectivity index (χ4n) is 4.01. The van der Waals surface area contributed by atoms with E-state index in [0.717, 1.165) is 5.69 Å². The molecule has 1 amide bonds. The van der Waals surface area contributed by atoms with Gasteiger partial charge in [-0.1, -0.05) is 18.2 Å². The summed E-state index contributed by atoms with van der Waals surface area (Å²) in [6.45, 7) is 6.97. The number of carbonyl (C=O) groups excluding carboxylic acids is 2. The van der Waals surface area contributed by atoms with E-state index in [2.05, 4.69) is 0 Å². The molecule has 2 unspecified atom stereocenters. The zero-order chi connectivity index (χ0) is 17.4. The lowest BCUT2D eigenvalue weighted by atomic mass is 9.75. The fourth-order valence-corrected chi connectivity index (χ4v) is 4.01. The van der Waals surface area contributed by atoms with Crippen molar-refractivity contribution >= 4 is 17.6 Å². The summed E-state index contributed by atoms with van der Waals surface area (Å²) < 4.78 is 11.5. The number of nitrogens with zero attached hydrogens (tertiary/aromatic N) is 1. The standard InChI is InChI=1S/C19H25NO4/c1-4-20(14-8-6-5-7-9-14)17(22)15-12-16(21)24-19(15)10-11-23-18(2,3)13-19/h5-9,15H,4,10-13H2,1-3H3. The number of anilines is 1. The van der Waals surface area contributed by atoms with Crippen molar-refractivity contribution in [1.29, 1.82) is 0 Å². The Kier molecular flexibility index (Phi) is 4.38. The number of para-hydroxylation sites is 1. The Morgan fingerprint density at radius 3 is 2.62 bits per heavy atom. The zero-order valence-corrected chi connectivity index (χ0v) is 14.6. The van der Waals surface area contributed by atoms with Crippen LogP contribution in [0.3, 0.4) is 0 Å². The van der Waals surface area contributed by atoms with Gasteiger partial charge < -0.3 is 14.4 Å². The third kappa shape index (κ3) is 3.05. The Balaban J connectivity index is 1.91. The molecule has 0 saturated carbocycles. The molecule has 2 saturated heterocycles. The van der Waals surface area contributed by atoms with E-state index < -0.39 is 17.1 Å². The molecular weight excluding hydrogens is 306 g/mol. The molecule has 0 N–H and O–H groups in total. The van der Waals surface area contributed by atoms with Crippen molar-refractivity contribution < 1.29 is 19.1 Å². The molecule has 5 heteroatoms. The van der Waals surface area contributed by atoms with Gasteiger partial charge in [0.05, 0.1) is 24.5 Å². The second kappa shape index (κ2) is 6.20. The van der Waals surface area contributed by atoms with Gasteiger partial charge in [-0.25, -0.2) is 0 Å². The molecular formula is C19H25NO4. The van der Waals surface area contributed by atoms with Gasteiger partial charge in [-0.3, -0.25) is 9.59 Å². The summed E-state index contributed by atoms with van der Waals surface area (Å²) in [5, 5.41) is 0. The summed E-state index contributed by atoms with van der Waals surface area (Å²) in [6, 6.07) is 9.58. The summed E-state index contributed by atoms with van der Waals surface area (Å²) >= 11 is 0. The van der Waals surface area contributed by atoms with Gasteiger partial charge in [-0.15, -0.1) is 0 Å². The number of hydrogen-bond acceptors (Lipinski definition) is 4. The first kappa shape index (κ1) is 17.0. The topological polar surface area (TPSA) is 55.8 Å². The van der Waals surface area contributed by atoms with Crippen molar-refractivity contribution in [3.05, 3.63) is 30.3 Å². The molecule has 2 aliphatic rings. The number of benzene rings is 1. The highest BCUT2D eigenvalue weighted by atomic mass is 16.6. The molecule has 1 aromatic carbocycles. The third-order valence-electron chi connectivity index (χ3n) is 5.01. The number of hydrogen-bond donors (Lipinski definition) is 0. The van der Waals surface area contributed by atoms with Crippen molar-refractivity contribution in [2.45, 2.75) is 51.2 Å². The Morgan fingerprint density at radius 2 is 2.00 bits per heavy atom. The van der Waals surface area contributed by atoms with Gasteiger partial charge in [-0.05, 0) is 32.9 Å². The van der Waals surface area contributed by atoms with E-state index in [9.17, 15) is 9.59 Å². The molecule has 1 spiro atoms. The summed E-state index contributed by atoms with van der Waals surface area (Å²) in [4.78, 5) is 27.1. The van der Waals surface area contributed by atoms with E-state index in [4.69, 9.17) is 9.47 Å². The number of esters is 1. The maximum atomic E-state index is 13.3. The number of rotatable bonds is 3. The fraction of sp³-hybridized carbons (Fsp3) is 0.579. The normalized spacial score (nSPS) is 28.6. The Labute approximate surface area is 142 Å². The predicted octanol–water partition coefficient (Wildman–Crippen LogP) is 2.93. The van der Waals surface area contributed by atoms with Crippen molar-refractivity contribution in [1.82, 2.24) is 0 Å². The molecule has 0 bridgehead atoms. The predicted molar refractivity (Wildman–Crippen MR) is 90.7 cm³/mol. The van der Waals surface area contributed by atoms with Crippen LogP contribution in [0.5, 0.6) is 0 Å². The first-order valence-electron chi connectivity index (χ1n) is 8.59. The lowest BCUT2D eigenvalue weighted by molar-refractivity contribution is -0.179. The third-order valence-corrected chi connectivity index (χ3v) is 5.01. The van der Waals surface area contributed by atoms with Crippen LogP contribution in [0.4, 0.5) is 5.69 Å². The Hall–Kier alpha value is -1.88. The average Bonchev–Trinajstić information content (AvgIpc) is 2.83. The quantitative estimate of drug-likeness (QED) is 0.799. The van der Waals surface area contributed by atoms with Gasteiger partial charge in [0, 0.05) is 25.1 Å². The van der Waals surface area contributed by atoms with E-state index in [1.54, 1.807) is 4.90 Å². The minimum Gasteiger partial charge on any atom is -0.458 e. The molecule has 2 atom stereocenters. The zero-order valence-electron chi connectivity index (χ0n) is 14.6. The second-order valence-corrected chi connectivity index (χ2v) is 7.25. The molecule has 2 heterocycles. The van der Waals surface area contributed by atoms with Crippen LogP contribution >= 0.6 is 0 Å². The van der Waals surface area contributed by atoms with Gasteiger partial charge in [0.15, 0.2) is 0 Å². The first-order valence-corrected chi connectivity index (χ1v) is 8.59. The Morgan fingerprint density at radius 1 is 1.29 bits per heavy atom. The highest BCUT2D eigenvalue weighted by Gasteiger charge is 2.57. The van der Waals surface area contributed by atoms with Crippen LogP contribution in [0.15, 0.2) is 30.3 Å². The van der Waals surface area contributed by atoms with E-state index in [0.29, 0.717) is 26.0 Å². The van der Waals surface area contributed by atoms with Crippen LogP contribution in [-0.2, 0) is 19.1 Å². The summed E-state index contributed by atoms with van der Waals surface area (Å²) in [6.07, 6.45) is 1.28. The van der Waals surface area contributed by atoms with Crippen molar-refractivity contribution in [2.75, 3.05) is 18.1 Å². The minimum absolute atomic E-state index is 0.0350. The van der Waals surface area contributed by atoms with E-state index in [1.165, 1.54) is 0 Å². The molecule has 130 valence electrons. The van der Waals surface area contributed by atoms with Gasteiger partial charge >= 0.3 is 5.97 Å². The van der Waals surface area contributed by atoms with Crippen LogP contribution in [0.1, 0.15) is 40.0 Å². The summed E-state index contributed by atoms with van der Waals surface area (Å²) in [5.74, 6) is -0.768. The molecule has 5 nitrogen and oxygen atoms in total. The molecule has 2 fully saturated rings. The maximum absolute atomic E-state index is 13.3. The number of amides is 1. The monoisotopic (exact) mass is 331 g/mol. The van der Waals surface area contributed by atoms with Crippen LogP contribution in [0, 0.1) is 5.92 Å². The van der Waals surface area contributed by atoms with Crippen LogP contribution < -0.4 is 4.90 Å². The second-order valence-electron chi connectivity index (χ2n) is 7.25. The van der Waals surface area contributed by atoms with Crippen molar-refractivity contribution in [3.8, 4) is 0 Å². The van der Waals surface area contributed by atoms with Crippen molar-refractivity contribution in [2.24, 2.45) is 5.92 Å². The molecule has 3 rings (SSSR count). The van der Waals surface area contributed by atoms with Gasteiger partial charge in [-0.2, -0.15) is 0 Å². The van der Waals surface area contributed by atoms with Crippen LogP contribution in [-0.4, -0.2) is 36.2 Å². The molecule has 24 heavy (non-hydrogen) atoms. The van der Waals surface area contributed by atoms with Crippen LogP contribution in [0.25, 0.3) is 0 Å². The van der Waals surface area contributed by atoms with E-state index >= 15 is 0 Å². The van der Waals surface area contributed by atoms with Gasteiger partial charge in [0.25, 0.3) is 0 Å². The SMILES string of the molecule is CCN(C(=O)C1CC(=O)OC12CCOC(C)(C)C2)c1ccccc1. The molecule has 1 aromatic rings. The summed E-state index contributed by atoms with van der Waals surface area (Å²) in [7, 11) is 0. The maximum Gasteiger partial charge on any atom is 0.307 e. The van der Waals surface area contributed by atoms with Gasteiger partial charge in [0.1, 0.15) is 5.60 Å². The van der Waals surface area contributed by atoms with Crippen LogP contribution in [0.2, 0.25) is 0 Å². The Bertz CT molecular complexity index is 628. The lowest BCUT2D eigenvalue weighted by Gasteiger charge is -2.44. The molecule has 0 aromatic heterocycles. The molecule has 2 aliphatic heterocycles. The minimum atomic E-state index is -0.738. The number of carbonyl (C=O) groups is 2. The first-order chi connectivity index (χ1) is 11.4. The highest BCUT2D eigenvalue weighted by Crippen LogP contribution is 2.46. The van der Waals surface area contributed by atoms with Crippen molar-refractivity contribution in [3.63, 3.8) is 0 Å². The lowest BCUT2D eigenvalue weighted by Crippen LogP contribution is -2.53.